The van der Waals surface area contributed by atoms with Crippen molar-refractivity contribution in [3.8, 4) is 0 Å². The molecule has 518 valence electrons. The van der Waals surface area contributed by atoms with Crippen LogP contribution in [0.4, 0.5) is 74.6 Å². The summed E-state index contributed by atoms with van der Waals surface area (Å²) in [6.45, 7) is 31.1. The van der Waals surface area contributed by atoms with Crippen molar-refractivity contribution in [2.75, 3.05) is 7.11 Å². The molecule has 0 spiro atoms. The van der Waals surface area contributed by atoms with E-state index in [-0.39, 0.29) is 47.8 Å². The van der Waals surface area contributed by atoms with Crippen molar-refractivity contribution in [3.63, 3.8) is 0 Å². The van der Waals surface area contributed by atoms with E-state index in [2.05, 4.69) is 40.5 Å². The van der Waals surface area contributed by atoms with Gasteiger partial charge in [-0.05, 0) is 152 Å². The SMILES string of the molecule is C=C(C)C(=O)OC(C)(C)C(C)(C)O.C=C(C)C(=O)OC(C)CC(C)(O)C(F)(F)F.C=C(C)C(=O)OC(CC)C(F)(F)C(=O)OC.C=C(C)C(=O)OC1CC(C(C)(C)O)CC(C(O)(C(F)(F)F)C(F)(F)F)C1.OC(CC1CC2C=CC1C2)(C(F)(F)F)C(F)(F)F. The van der Waals surface area contributed by atoms with Crippen molar-refractivity contribution in [1.29, 1.82) is 0 Å². The molecule has 15 nitrogen and oxygen atoms in total. The highest BCUT2D eigenvalue weighted by molar-refractivity contribution is 5.88. The number of methoxy groups -OCH3 is 1. The van der Waals surface area contributed by atoms with Crippen LogP contribution in [0.2, 0.25) is 0 Å². The monoisotopic (exact) mass is 1330 g/mol. The standard InChI is InChI=1S/C16H22F6O4.C11H12F6O.C10H15F3O3.C10H14F2O4.C10H18O3/c1-8(2)12(23)26-11-6-9(13(3,4)24)5-10(7-11)14(25,15(17,18)19)16(20,21)22;12-10(13,14)9(18,11(15,16)17)5-8-4-6-1-2-7(8)3-6;1-6(2)8(14)16-7(3)5-9(4,15)10(11,12)13;1-5-7(16-8(13)6(2)3)10(11,12)9(14)15-4;1-7(2)8(11)13-10(5,6)9(3,4)12/h9-11,24-25H,1,5-7H2,2-4H3;1-2,6-8,18H,3-5H2;7,15H,1,5H2,2-4H3;7H,2,5H2,1,3-4H3;12H,1H2,2-6H3. The van der Waals surface area contributed by atoms with Crippen LogP contribution in [0.5, 0.6) is 0 Å². The van der Waals surface area contributed by atoms with Gasteiger partial charge in [0.15, 0.2) is 11.7 Å². The molecule has 89 heavy (non-hydrogen) atoms. The second-order valence-electron chi connectivity index (χ2n) is 23.8. The van der Waals surface area contributed by atoms with Crippen molar-refractivity contribution < 1.29 is 148 Å². The first-order valence-electron chi connectivity index (χ1n) is 26.9. The Kier molecular flexibility index (Phi) is 30.2. The molecule has 3 aliphatic carbocycles. The van der Waals surface area contributed by atoms with Crippen molar-refractivity contribution >= 4 is 29.8 Å². The maximum absolute atomic E-state index is 13.3. The van der Waals surface area contributed by atoms with Gasteiger partial charge in [-0.15, -0.1) is 0 Å². The second kappa shape index (κ2) is 31.3. The van der Waals surface area contributed by atoms with Crippen molar-refractivity contribution in [3.05, 3.63) is 60.8 Å². The van der Waals surface area contributed by atoms with Crippen molar-refractivity contribution in [1.82, 2.24) is 0 Å². The number of carbonyl (C=O) groups is 5. The zero-order valence-electron chi connectivity index (χ0n) is 51.5. The van der Waals surface area contributed by atoms with Crippen LogP contribution in [0.15, 0.2) is 60.8 Å². The van der Waals surface area contributed by atoms with Gasteiger partial charge >= 0.3 is 66.7 Å². The number of aliphatic hydroxyl groups is 5. The third-order valence-corrected chi connectivity index (χ3v) is 14.6. The average molecular weight is 1330 g/mol. The molecule has 0 saturated heterocycles. The van der Waals surface area contributed by atoms with E-state index in [4.69, 9.17) is 19.7 Å². The van der Waals surface area contributed by atoms with E-state index in [1.807, 2.05) is 6.08 Å². The van der Waals surface area contributed by atoms with Gasteiger partial charge in [-0.3, -0.25) is 0 Å². The summed E-state index contributed by atoms with van der Waals surface area (Å²) in [6, 6.07) is 0. The normalized spacial score (nSPS) is 21.3. The Morgan fingerprint density at radius 1 is 0.551 bits per heavy atom. The number of rotatable bonds is 18. The van der Waals surface area contributed by atoms with Gasteiger partial charge in [0.1, 0.15) is 17.8 Å². The fourth-order valence-corrected chi connectivity index (χ4v) is 8.41. The molecule has 5 N–H and O–H groups in total. The van der Waals surface area contributed by atoms with Gasteiger partial charge in [0.05, 0.1) is 18.3 Å². The quantitative estimate of drug-likeness (QED) is 0.0282. The van der Waals surface area contributed by atoms with E-state index < -0.39 is 162 Å². The van der Waals surface area contributed by atoms with Crippen LogP contribution in [0.25, 0.3) is 0 Å². The van der Waals surface area contributed by atoms with Gasteiger partial charge in [-0.2, -0.15) is 74.6 Å². The molecular weight excluding hydrogens is 1250 g/mol. The van der Waals surface area contributed by atoms with E-state index >= 15 is 0 Å². The number of halogens is 17. The highest BCUT2D eigenvalue weighted by Crippen LogP contribution is 2.55. The molecular formula is C57H81F17O15. The molecule has 2 saturated carbocycles. The van der Waals surface area contributed by atoms with Crippen LogP contribution in [-0.4, -0.2) is 151 Å². The lowest BCUT2D eigenvalue weighted by atomic mass is 9.67. The van der Waals surface area contributed by atoms with E-state index in [9.17, 15) is 114 Å². The van der Waals surface area contributed by atoms with Gasteiger partial charge in [0.25, 0.3) is 11.2 Å². The number of hydrogen-bond donors (Lipinski definition) is 5. The number of hydrogen-bond acceptors (Lipinski definition) is 15. The number of fused-ring (bicyclic) bond motifs is 2. The minimum absolute atomic E-state index is 0.0147. The Hall–Kier alpha value is -5.34. The minimum atomic E-state index is -5.99. The van der Waals surface area contributed by atoms with Crippen LogP contribution in [0.3, 0.4) is 0 Å². The zero-order chi connectivity index (χ0) is 71.4. The number of alkyl halides is 17. The van der Waals surface area contributed by atoms with Crippen LogP contribution in [0, 0.1) is 29.6 Å². The van der Waals surface area contributed by atoms with Crippen molar-refractivity contribution in [2.24, 2.45) is 29.6 Å². The largest absolute Gasteiger partial charge is 0.464 e. The molecule has 3 rings (SSSR count). The lowest BCUT2D eigenvalue weighted by Crippen LogP contribution is -2.63. The number of allylic oxidation sites excluding steroid dienone is 2. The zero-order valence-corrected chi connectivity index (χ0v) is 51.5. The second-order valence-corrected chi connectivity index (χ2v) is 23.8. The fourth-order valence-electron chi connectivity index (χ4n) is 8.41. The average Bonchev–Trinajstić information content (AvgIpc) is 1.17. The van der Waals surface area contributed by atoms with E-state index in [0.29, 0.717) is 18.9 Å². The molecule has 0 radical (unpaired) electrons. The molecule has 2 bridgehead atoms. The molecule has 2 fully saturated rings. The summed E-state index contributed by atoms with van der Waals surface area (Å²) in [6.07, 6.45) is -31.9. The van der Waals surface area contributed by atoms with Crippen molar-refractivity contribution in [2.45, 2.75) is 230 Å². The summed E-state index contributed by atoms with van der Waals surface area (Å²) < 4.78 is 241. The molecule has 32 heteroatoms. The Balaban J connectivity index is 0. The molecule has 0 aliphatic heterocycles. The number of carbonyl (C=O) groups excluding carboxylic acids is 5. The number of esters is 5. The third-order valence-electron chi connectivity index (χ3n) is 14.6. The fraction of sp³-hybridized carbons (Fsp3) is 0.737. The first-order valence-corrected chi connectivity index (χ1v) is 26.9. The van der Waals surface area contributed by atoms with E-state index in [1.165, 1.54) is 48.5 Å². The van der Waals surface area contributed by atoms with Crippen LogP contribution in [-0.2, 0) is 47.7 Å². The molecule has 0 aromatic rings. The van der Waals surface area contributed by atoms with E-state index in [1.54, 1.807) is 40.7 Å². The smallest absolute Gasteiger partial charge is 0.426 e. The highest BCUT2D eigenvalue weighted by atomic mass is 19.4. The van der Waals surface area contributed by atoms with Gasteiger partial charge in [-0.1, -0.05) is 45.4 Å². The predicted octanol–water partition coefficient (Wildman–Crippen LogP) is 12.5. The lowest BCUT2D eigenvalue weighted by molar-refractivity contribution is -0.390. The van der Waals surface area contributed by atoms with Gasteiger partial charge in [0, 0.05) is 34.6 Å². The molecule has 0 aromatic heterocycles. The van der Waals surface area contributed by atoms with Crippen LogP contribution >= 0.6 is 0 Å². The van der Waals surface area contributed by atoms with Gasteiger partial charge in [-0.25, -0.2) is 24.0 Å². The first kappa shape index (κ1) is 85.7. The summed E-state index contributed by atoms with van der Waals surface area (Å²) in [7, 11) is 0.837. The summed E-state index contributed by atoms with van der Waals surface area (Å²) in [5.74, 6) is -13.1. The third kappa shape index (κ3) is 24.3. The Morgan fingerprint density at radius 3 is 1.28 bits per heavy atom. The van der Waals surface area contributed by atoms with Crippen LogP contribution < -0.4 is 0 Å². The molecule has 3 aliphatic rings. The number of ether oxygens (including phenoxy) is 5. The van der Waals surface area contributed by atoms with Crippen LogP contribution in [0.1, 0.15) is 141 Å². The summed E-state index contributed by atoms with van der Waals surface area (Å²) in [4.78, 5) is 55.7. The maximum atomic E-state index is 13.3. The molecule has 0 aromatic carbocycles. The summed E-state index contributed by atoms with van der Waals surface area (Å²) in [5, 5.41) is 47.7. The summed E-state index contributed by atoms with van der Waals surface area (Å²) >= 11 is 0. The maximum Gasteiger partial charge on any atom is 0.426 e. The predicted molar refractivity (Wildman–Crippen MR) is 284 cm³/mol. The molecule has 0 heterocycles. The van der Waals surface area contributed by atoms with Gasteiger partial charge in [0.2, 0.25) is 0 Å². The summed E-state index contributed by atoms with van der Waals surface area (Å²) in [5.41, 5.74) is -15.7. The lowest BCUT2D eigenvalue weighted by Gasteiger charge is -2.46. The Bertz CT molecular complexity index is 2450. The molecule has 9 atom stereocenters. The molecule has 0 amide bonds. The first-order chi connectivity index (χ1) is 39.3. The highest BCUT2D eigenvalue weighted by Gasteiger charge is 2.75. The minimum Gasteiger partial charge on any atom is -0.464 e. The molecule has 9 unspecified atom stereocenters. The van der Waals surface area contributed by atoms with Gasteiger partial charge < -0.3 is 49.2 Å². The topological polar surface area (TPSA) is 233 Å². The van der Waals surface area contributed by atoms with E-state index in [0.717, 1.165) is 7.11 Å². The Labute approximate surface area is 504 Å². The Morgan fingerprint density at radius 2 is 0.966 bits per heavy atom.